The van der Waals surface area contributed by atoms with E-state index in [0.717, 1.165) is 29.3 Å². The van der Waals surface area contributed by atoms with Gasteiger partial charge in [-0.25, -0.2) is 0 Å². The molecular weight excluding hydrogens is 870 g/mol. The van der Waals surface area contributed by atoms with Crippen molar-refractivity contribution in [2.24, 2.45) is 0 Å². The van der Waals surface area contributed by atoms with Crippen LogP contribution in [0.25, 0.3) is 33.4 Å². The third-order valence-corrected chi connectivity index (χ3v) is 20.3. The summed E-state index contributed by atoms with van der Waals surface area (Å²) in [4.78, 5) is 0. The first kappa shape index (κ1) is 44.3. The van der Waals surface area contributed by atoms with Gasteiger partial charge in [0, 0.05) is 0 Å². The maximum Gasteiger partial charge on any atom is -1.00 e. The van der Waals surface area contributed by atoms with Crippen LogP contribution in [-0.2, 0) is 44.9 Å². The molecule has 294 valence electrons. The molecule has 8 rings (SSSR count). The zero-order chi connectivity index (χ0) is 39.2. The molecule has 6 aromatic carbocycles. The first-order chi connectivity index (χ1) is 26.8. The van der Waals surface area contributed by atoms with E-state index in [4.69, 9.17) is 23.2 Å². The summed E-state index contributed by atoms with van der Waals surface area (Å²) in [6, 6.07) is 49.7. The van der Waals surface area contributed by atoms with Gasteiger partial charge < -0.3 is 24.8 Å². The average molecular weight is 920 g/mol. The van der Waals surface area contributed by atoms with Gasteiger partial charge in [0.25, 0.3) is 0 Å². The summed E-state index contributed by atoms with van der Waals surface area (Å²) in [5.74, 6) is 0. The SMILES string of the molecule is CC(C)(C)c1cc2c(cc1-c1ccccc1)[CH]([Zr+2]([C]1=CC=CC1)=[C](Cc1ccc(Cl)cc1)Cc1ccc(Cl)cc1)c1cc(-c3ccccc3)c(C(C)(C)C)cc1-2.[Cl-].[Cl-]. The fourth-order valence-corrected chi connectivity index (χ4v) is 18.3. The molecule has 0 bridgehead atoms. The Hall–Kier alpha value is -3.29. The topological polar surface area (TPSA) is 0 Å². The number of benzene rings is 6. The smallest absolute Gasteiger partial charge is 1.00 e. The minimum atomic E-state index is -2.87. The molecule has 0 heterocycles. The van der Waals surface area contributed by atoms with Crippen molar-refractivity contribution in [2.45, 2.75) is 75.3 Å². The summed E-state index contributed by atoms with van der Waals surface area (Å²) in [7, 11) is 0. The summed E-state index contributed by atoms with van der Waals surface area (Å²) in [6.07, 6.45) is 10.1. The minimum Gasteiger partial charge on any atom is -1.00 e. The van der Waals surface area contributed by atoms with Gasteiger partial charge in [0.15, 0.2) is 0 Å². The van der Waals surface area contributed by atoms with Crippen molar-refractivity contribution < 1.29 is 46.1 Å². The maximum absolute atomic E-state index is 6.47. The van der Waals surface area contributed by atoms with Crippen molar-refractivity contribution in [1.82, 2.24) is 0 Å². The largest absolute Gasteiger partial charge is 1.00 e. The monoisotopic (exact) mass is 916 g/mol. The van der Waals surface area contributed by atoms with E-state index in [9.17, 15) is 0 Å². The zero-order valence-electron chi connectivity index (χ0n) is 34.1. The number of allylic oxidation sites excluding steroid dienone is 4. The van der Waals surface area contributed by atoms with Crippen LogP contribution in [0.2, 0.25) is 10.0 Å². The number of hydrogen-bond acceptors (Lipinski definition) is 0. The summed E-state index contributed by atoms with van der Waals surface area (Å²) < 4.78 is 3.66. The molecule has 0 saturated heterocycles. The molecule has 0 unspecified atom stereocenters. The van der Waals surface area contributed by atoms with E-state index < -0.39 is 21.3 Å². The average Bonchev–Trinajstić information content (AvgIpc) is 3.82. The summed E-state index contributed by atoms with van der Waals surface area (Å²) in [5, 5.41) is 1.55. The van der Waals surface area contributed by atoms with Gasteiger partial charge >= 0.3 is 355 Å². The summed E-state index contributed by atoms with van der Waals surface area (Å²) in [5.41, 5.74) is 16.5. The predicted molar refractivity (Wildman–Crippen MR) is 239 cm³/mol. The molecule has 0 aliphatic heterocycles. The molecule has 0 saturated carbocycles. The van der Waals surface area contributed by atoms with Gasteiger partial charge in [-0.1, -0.05) is 0 Å². The van der Waals surface area contributed by atoms with Gasteiger partial charge in [-0.2, -0.15) is 0 Å². The fourth-order valence-electron chi connectivity index (χ4n) is 8.82. The summed E-state index contributed by atoms with van der Waals surface area (Å²) in [6.45, 7) is 14.2. The van der Waals surface area contributed by atoms with E-state index in [2.05, 4.69) is 193 Å². The van der Waals surface area contributed by atoms with Crippen molar-refractivity contribution in [1.29, 1.82) is 0 Å². The molecule has 0 radical (unpaired) electrons. The molecular formula is C53H50Cl4Zr. The Bertz CT molecular complexity index is 2340. The molecule has 0 aromatic heterocycles. The van der Waals surface area contributed by atoms with E-state index in [1.807, 2.05) is 0 Å². The predicted octanol–water partition coefficient (Wildman–Crippen LogP) is 9.12. The van der Waals surface area contributed by atoms with E-state index in [0.29, 0.717) is 3.63 Å². The molecule has 2 aliphatic rings. The fraction of sp³-hybridized carbons (Fsp3) is 0.226. The molecule has 0 fully saturated rings. The van der Waals surface area contributed by atoms with Crippen LogP contribution in [0.15, 0.2) is 155 Å². The normalized spacial score (nSPS) is 13.1. The van der Waals surface area contributed by atoms with E-state index in [1.165, 1.54) is 66.8 Å². The van der Waals surface area contributed by atoms with Gasteiger partial charge in [-0.15, -0.1) is 0 Å². The van der Waals surface area contributed by atoms with Crippen molar-refractivity contribution >= 4 is 26.4 Å². The van der Waals surface area contributed by atoms with Crippen LogP contribution in [0.3, 0.4) is 0 Å². The number of fused-ring (bicyclic) bond motifs is 3. The number of rotatable bonds is 8. The molecule has 6 aromatic rings. The Morgan fingerprint density at radius 3 is 1.33 bits per heavy atom. The van der Waals surface area contributed by atoms with E-state index >= 15 is 0 Å². The quantitative estimate of drug-likeness (QED) is 0.143. The van der Waals surface area contributed by atoms with Crippen molar-refractivity contribution in [3.05, 3.63) is 198 Å². The maximum atomic E-state index is 6.47. The first-order valence-corrected chi connectivity index (χ1v) is 24.5. The van der Waals surface area contributed by atoms with Gasteiger partial charge in [0.1, 0.15) is 0 Å². The zero-order valence-corrected chi connectivity index (χ0v) is 39.6. The second-order valence-corrected chi connectivity index (χ2v) is 25.2. The molecule has 0 nitrogen and oxygen atoms in total. The number of hydrogen-bond donors (Lipinski definition) is 0. The molecule has 5 heteroatoms. The van der Waals surface area contributed by atoms with Crippen LogP contribution in [-0.4, -0.2) is 3.21 Å². The van der Waals surface area contributed by atoms with Crippen LogP contribution in [0.4, 0.5) is 0 Å². The molecule has 58 heavy (non-hydrogen) atoms. The summed E-state index contributed by atoms with van der Waals surface area (Å²) >= 11 is 10.1. The van der Waals surface area contributed by atoms with Gasteiger partial charge in [0.2, 0.25) is 0 Å². The van der Waals surface area contributed by atoms with Crippen LogP contribution in [0.1, 0.15) is 85.0 Å². The second-order valence-electron chi connectivity index (χ2n) is 17.6. The minimum absolute atomic E-state index is 0. The molecule has 0 amide bonds. The molecule has 0 atom stereocenters. The Kier molecular flexibility index (Phi) is 13.8. The number of halogens is 4. The Labute approximate surface area is 376 Å². The third kappa shape index (κ3) is 9.21. The van der Waals surface area contributed by atoms with Gasteiger partial charge in [0.05, 0.1) is 0 Å². The van der Waals surface area contributed by atoms with E-state index in [-0.39, 0.29) is 35.6 Å². The van der Waals surface area contributed by atoms with E-state index in [1.54, 1.807) is 6.49 Å². The molecule has 2 aliphatic carbocycles. The third-order valence-electron chi connectivity index (χ3n) is 11.5. The standard InChI is InChI=1S/C33H33.C15H12Cl2.C5H5.2ClH.Zr/c1-32(2,3)30-20-26-24(18-28(30)22-13-9-7-10-14-22)17-25-19-29(23-15-11-8-12-16-23)31(21-27(25)26)33(4,5)6;16-14-8-4-12(5-9-14)2-1-3-13-6-10-15(17)11-7-13;1-2-4-5-3-1;;;/h7-21H,1-6H3;4-11H,2-3H2;1-3H,4H2;2*1H;/q;;;;;+2/p-2. The Morgan fingerprint density at radius 2 is 0.966 bits per heavy atom. The first-order valence-electron chi connectivity index (χ1n) is 19.9. The Morgan fingerprint density at radius 1 is 0.552 bits per heavy atom. The van der Waals surface area contributed by atoms with Crippen LogP contribution >= 0.6 is 23.2 Å². The van der Waals surface area contributed by atoms with Crippen LogP contribution in [0, 0.1) is 0 Å². The van der Waals surface area contributed by atoms with Crippen molar-refractivity contribution in [3.63, 3.8) is 0 Å². The Balaban J connectivity index is 0.00000283. The van der Waals surface area contributed by atoms with Gasteiger partial charge in [-0.05, 0) is 0 Å². The second kappa shape index (κ2) is 18.1. The van der Waals surface area contributed by atoms with Gasteiger partial charge in [-0.3, -0.25) is 0 Å². The van der Waals surface area contributed by atoms with Crippen molar-refractivity contribution in [3.8, 4) is 33.4 Å². The molecule has 0 N–H and O–H groups in total. The molecule has 0 spiro atoms. The van der Waals surface area contributed by atoms with Crippen molar-refractivity contribution in [2.75, 3.05) is 0 Å². The van der Waals surface area contributed by atoms with Crippen LogP contribution in [0.5, 0.6) is 0 Å². The van der Waals surface area contributed by atoms with Crippen LogP contribution < -0.4 is 24.8 Å².